The summed E-state index contributed by atoms with van der Waals surface area (Å²) in [6.07, 6.45) is 1.39. The number of anilines is 1. The molecule has 0 aliphatic rings. The second-order valence-corrected chi connectivity index (χ2v) is 3.06. The molecule has 84 valence electrons. The van der Waals surface area contributed by atoms with Crippen LogP contribution in [0.5, 0.6) is 0 Å². The predicted octanol–water partition coefficient (Wildman–Crippen LogP) is 1.32. The molecule has 2 rings (SSSR count). The topological polar surface area (TPSA) is 90.3 Å². The SMILES string of the molecule is N#CC(=CNc1cccc(F)c1)c1nn[nH]n1. The normalized spacial score (nSPS) is 10.9. The molecular formula is C10H7FN6. The lowest BCUT2D eigenvalue weighted by Crippen LogP contribution is -1.93. The van der Waals surface area contributed by atoms with E-state index in [-0.39, 0.29) is 17.2 Å². The number of benzene rings is 1. The molecule has 7 heteroatoms. The van der Waals surface area contributed by atoms with Crippen molar-refractivity contribution in [2.24, 2.45) is 0 Å². The Morgan fingerprint density at radius 1 is 1.53 bits per heavy atom. The van der Waals surface area contributed by atoms with E-state index in [4.69, 9.17) is 5.26 Å². The molecule has 0 radical (unpaired) electrons. The number of hydrogen-bond donors (Lipinski definition) is 2. The average molecular weight is 230 g/mol. The number of aromatic amines is 1. The highest BCUT2D eigenvalue weighted by Gasteiger charge is 2.05. The molecule has 1 aromatic carbocycles. The maximum Gasteiger partial charge on any atom is 0.216 e. The van der Waals surface area contributed by atoms with Gasteiger partial charge in [0.15, 0.2) is 0 Å². The maximum atomic E-state index is 12.9. The van der Waals surface area contributed by atoms with Gasteiger partial charge in [0.05, 0.1) is 0 Å². The minimum atomic E-state index is -0.360. The molecule has 0 saturated carbocycles. The van der Waals surface area contributed by atoms with Crippen LogP contribution in [0.4, 0.5) is 10.1 Å². The summed E-state index contributed by atoms with van der Waals surface area (Å²) in [6.45, 7) is 0. The van der Waals surface area contributed by atoms with Crippen LogP contribution in [0.3, 0.4) is 0 Å². The summed E-state index contributed by atoms with van der Waals surface area (Å²) < 4.78 is 12.9. The smallest absolute Gasteiger partial charge is 0.216 e. The van der Waals surface area contributed by atoms with Crippen molar-refractivity contribution in [3.05, 3.63) is 42.1 Å². The molecule has 1 heterocycles. The van der Waals surface area contributed by atoms with Crippen molar-refractivity contribution in [3.8, 4) is 6.07 Å². The van der Waals surface area contributed by atoms with Crippen molar-refractivity contribution >= 4 is 11.3 Å². The zero-order valence-electron chi connectivity index (χ0n) is 8.55. The third-order valence-electron chi connectivity index (χ3n) is 1.91. The highest BCUT2D eigenvalue weighted by Crippen LogP contribution is 2.11. The Kier molecular flexibility index (Phi) is 3.07. The van der Waals surface area contributed by atoms with Crippen LogP contribution in [0.1, 0.15) is 5.82 Å². The Balaban J connectivity index is 2.17. The lowest BCUT2D eigenvalue weighted by molar-refractivity contribution is 0.628. The third kappa shape index (κ3) is 2.63. The van der Waals surface area contributed by atoms with Crippen LogP contribution < -0.4 is 5.32 Å². The minimum Gasteiger partial charge on any atom is -0.360 e. The van der Waals surface area contributed by atoms with Gasteiger partial charge in [-0.15, -0.1) is 10.2 Å². The minimum absolute atomic E-state index is 0.177. The highest BCUT2D eigenvalue weighted by atomic mass is 19.1. The van der Waals surface area contributed by atoms with Gasteiger partial charge >= 0.3 is 0 Å². The molecule has 17 heavy (non-hydrogen) atoms. The van der Waals surface area contributed by atoms with E-state index in [9.17, 15) is 4.39 Å². The van der Waals surface area contributed by atoms with Gasteiger partial charge in [-0.2, -0.15) is 10.5 Å². The summed E-state index contributed by atoms with van der Waals surface area (Å²) in [5.74, 6) is -0.183. The van der Waals surface area contributed by atoms with Crippen LogP contribution >= 0.6 is 0 Å². The number of hydrogen-bond acceptors (Lipinski definition) is 5. The van der Waals surface area contributed by atoms with Gasteiger partial charge in [0, 0.05) is 11.9 Å². The number of tetrazole rings is 1. The summed E-state index contributed by atoms with van der Waals surface area (Å²) in [5.41, 5.74) is 0.726. The molecular weight excluding hydrogens is 223 g/mol. The zero-order chi connectivity index (χ0) is 12.1. The van der Waals surface area contributed by atoms with Gasteiger partial charge < -0.3 is 5.32 Å². The third-order valence-corrected chi connectivity index (χ3v) is 1.91. The number of nitrogens with one attached hydrogen (secondary N) is 2. The largest absolute Gasteiger partial charge is 0.360 e. The van der Waals surface area contributed by atoms with Crippen molar-refractivity contribution in [2.45, 2.75) is 0 Å². The van der Waals surface area contributed by atoms with Crippen LogP contribution in [0.25, 0.3) is 5.57 Å². The molecule has 0 amide bonds. The number of halogens is 1. The summed E-state index contributed by atoms with van der Waals surface area (Å²) in [7, 11) is 0. The molecule has 2 N–H and O–H groups in total. The fraction of sp³-hybridized carbons (Fsp3) is 0. The van der Waals surface area contributed by atoms with Crippen LogP contribution in [0, 0.1) is 17.1 Å². The lowest BCUT2D eigenvalue weighted by Gasteiger charge is -2.00. The zero-order valence-corrected chi connectivity index (χ0v) is 8.55. The first-order chi connectivity index (χ1) is 8.29. The van der Waals surface area contributed by atoms with E-state index >= 15 is 0 Å². The molecule has 0 saturated heterocycles. The van der Waals surface area contributed by atoms with E-state index in [0.717, 1.165) is 0 Å². The Morgan fingerprint density at radius 2 is 2.41 bits per heavy atom. The molecule has 0 spiro atoms. The maximum absolute atomic E-state index is 12.9. The second-order valence-electron chi connectivity index (χ2n) is 3.06. The van der Waals surface area contributed by atoms with Gasteiger partial charge in [-0.05, 0) is 23.4 Å². The van der Waals surface area contributed by atoms with E-state index in [0.29, 0.717) is 5.69 Å². The quantitative estimate of drug-likeness (QED) is 0.776. The molecule has 0 aliphatic heterocycles. The van der Waals surface area contributed by atoms with E-state index in [1.54, 1.807) is 12.1 Å². The number of aromatic nitrogens is 4. The van der Waals surface area contributed by atoms with E-state index < -0.39 is 0 Å². The van der Waals surface area contributed by atoms with Gasteiger partial charge in [-0.3, -0.25) is 0 Å². The van der Waals surface area contributed by atoms with Crippen molar-refractivity contribution in [1.29, 1.82) is 5.26 Å². The van der Waals surface area contributed by atoms with Gasteiger partial charge in [0.1, 0.15) is 17.5 Å². The summed E-state index contributed by atoms with van der Waals surface area (Å²) in [6, 6.07) is 7.78. The molecule has 2 aromatic rings. The number of nitriles is 1. The van der Waals surface area contributed by atoms with Crippen LogP contribution in [0.15, 0.2) is 30.5 Å². The van der Waals surface area contributed by atoms with Crippen molar-refractivity contribution in [1.82, 2.24) is 20.6 Å². The fourth-order valence-electron chi connectivity index (χ4n) is 1.16. The van der Waals surface area contributed by atoms with Gasteiger partial charge in [-0.25, -0.2) is 4.39 Å². The second kappa shape index (κ2) is 4.85. The first kappa shape index (κ1) is 10.8. The monoisotopic (exact) mass is 230 g/mol. The van der Waals surface area contributed by atoms with Crippen molar-refractivity contribution < 1.29 is 4.39 Å². The Hall–Kier alpha value is -2.75. The van der Waals surface area contributed by atoms with Crippen molar-refractivity contribution in [2.75, 3.05) is 5.32 Å². The number of rotatable bonds is 3. The number of H-pyrrole nitrogens is 1. The van der Waals surface area contributed by atoms with E-state index in [1.807, 2.05) is 6.07 Å². The molecule has 0 bridgehead atoms. The van der Waals surface area contributed by atoms with Gasteiger partial charge in [0.2, 0.25) is 5.82 Å². The summed E-state index contributed by atoms with van der Waals surface area (Å²) in [4.78, 5) is 0. The molecule has 1 aromatic heterocycles. The average Bonchev–Trinajstić information content (AvgIpc) is 2.84. The number of nitrogens with zero attached hydrogens (tertiary/aromatic N) is 4. The summed E-state index contributed by atoms with van der Waals surface area (Å²) in [5, 5.41) is 24.6. The van der Waals surface area contributed by atoms with Crippen molar-refractivity contribution in [3.63, 3.8) is 0 Å². The Labute approximate surface area is 95.8 Å². The number of allylic oxidation sites excluding steroid dienone is 1. The highest BCUT2D eigenvalue weighted by molar-refractivity contribution is 5.73. The first-order valence-corrected chi connectivity index (χ1v) is 4.66. The fourth-order valence-corrected chi connectivity index (χ4v) is 1.16. The molecule has 0 aliphatic carbocycles. The molecule has 0 fully saturated rings. The summed E-state index contributed by atoms with van der Waals surface area (Å²) >= 11 is 0. The Bertz CT molecular complexity index is 569. The van der Waals surface area contributed by atoms with Gasteiger partial charge in [0.25, 0.3) is 0 Å². The van der Waals surface area contributed by atoms with Crippen LogP contribution in [-0.4, -0.2) is 20.6 Å². The molecule has 6 nitrogen and oxygen atoms in total. The molecule has 0 unspecified atom stereocenters. The van der Waals surface area contributed by atoms with E-state index in [1.165, 1.54) is 18.3 Å². The molecule has 0 atom stereocenters. The Morgan fingerprint density at radius 3 is 3.06 bits per heavy atom. The predicted molar refractivity (Wildman–Crippen MR) is 57.8 cm³/mol. The van der Waals surface area contributed by atoms with E-state index in [2.05, 4.69) is 25.9 Å². The van der Waals surface area contributed by atoms with Crippen LogP contribution in [-0.2, 0) is 0 Å². The van der Waals surface area contributed by atoms with Crippen LogP contribution in [0.2, 0.25) is 0 Å². The van der Waals surface area contributed by atoms with Gasteiger partial charge in [-0.1, -0.05) is 6.07 Å². The first-order valence-electron chi connectivity index (χ1n) is 4.66. The standard InChI is InChI=1S/C10H7FN6/c11-8-2-1-3-9(4-8)13-6-7(5-12)10-14-16-17-15-10/h1-4,6,13H,(H,14,15,16,17). The lowest BCUT2D eigenvalue weighted by atomic mass is 10.3.